The zero-order chi connectivity index (χ0) is 12.7. The number of anilines is 2. The van der Waals surface area contributed by atoms with Crippen LogP contribution in [0.25, 0.3) is 0 Å². The van der Waals surface area contributed by atoms with E-state index < -0.39 is 0 Å². The number of nitrogens with two attached hydrogens (primary N) is 3. The van der Waals surface area contributed by atoms with E-state index in [1.54, 1.807) is 13.2 Å². The summed E-state index contributed by atoms with van der Waals surface area (Å²) in [6, 6.07) is 1.65. The Morgan fingerprint density at radius 2 is 2.24 bits per heavy atom. The first-order valence-electron chi connectivity index (χ1n) is 4.98. The molecule has 0 radical (unpaired) electrons. The van der Waals surface area contributed by atoms with E-state index in [0.29, 0.717) is 30.5 Å². The Bertz CT molecular complexity index is 383. The second kappa shape index (κ2) is 6.56. The Morgan fingerprint density at radius 3 is 2.88 bits per heavy atom. The van der Waals surface area contributed by atoms with Crippen molar-refractivity contribution in [3.63, 3.8) is 0 Å². The smallest absolute Gasteiger partial charge is 0.239 e. The average molecular weight is 239 g/mol. The maximum absolute atomic E-state index is 5.74. The Balaban J connectivity index is 2.87. The van der Waals surface area contributed by atoms with Gasteiger partial charge in [-0.3, -0.25) is 5.01 Å². The van der Waals surface area contributed by atoms with Crippen LogP contribution in [0.3, 0.4) is 0 Å². The molecule has 94 valence electrons. The van der Waals surface area contributed by atoms with Crippen molar-refractivity contribution >= 4 is 11.4 Å². The first kappa shape index (κ1) is 13.1. The molecular weight excluding hydrogens is 222 g/mol. The molecule has 0 aliphatic carbocycles. The van der Waals surface area contributed by atoms with Crippen molar-refractivity contribution < 1.29 is 9.47 Å². The second-order valence-corrected chi connectivity index (χ2v) is 3.18. The molecule has 1 aromatic heterocycles. The predicted molar refractivity (Wildman–Crippen MR) is 66.0 cm³/mol. The fourth-order valence-corrected chi connectivity index (χ4v) is 1.15. The van der Waals surface area contributed by atoms with Crippen molar-refractivity contribution in [2.75, 3.05) is 31.1 Å². The number of ether oxygens (including phenoxy) is 2. The minimum atomic E-state index is 0.372. The molecule has 7 nitrogen and oxygen atoms in total. The van der Waals surface area contributed by atoms with Crippen LogP contribution in [0.4, 0.5) is 11.4 Å². The molecule has 0 aliphatic rings. The van der Waals surface area contributed by atoms with Gasteiger partial charge in [0, 0.05) is 19.5 Å². The van der Waals surface area contributed by atoms with Crippen LogP contribution in [0.15, 0.2) is 24.7 Å². The summed E-state index contributed by atoms with van der Waals surface area (Å²) in [6.45, 7) is 0.837. The van der Waals surface area contributed by atoms with Crippen molar-refractivity contribution in [3.05, 3.63) is 24.7 Å². The van der Waals surface area contributed by atoms with E-state index in [9.17, 15) is 0 Å². The molecule has 0 aliphatic heterocycles. The van der Waals surface area contributed by atoms with Gasteiger partial charge in [-0.2, -0.15) is 0 Å². The predicted octanol–water partition coefficient (Wildman–Crippen LogP) is -0.201. The Labute approximate surface area is 99.8 Å². The SMILES string of the molecule is COCCOc1ncc(N)cc1N(N)/C=C\N. The summed E-state index contributed by atoms with van der Waals surface area (Å²) in [4.78, 5) is 4.05. The van der Waals surface area contributed by atoms with Gasteiger partial charge in [-0.15, -0.1) is 0 Å². The highest BCUT2D eigenvalue weighted by Gasteiger charge is 2.09. The summed E-state index contributed by atoms with van der Waals surface area (Å²) in [5.74, 6) is 6.11. The number of hydrogen-bond acceptors (Lipinski definition) is 7. The Hall–Kier alpha value is -1.99. The number of nitrogens with zero attached hydrogens (tertiary/aromatic N) is 2. The summed E-state index contributed by atoms with van der Waals surface area (Å²) in [6.07, 6.45) is 4.27. The first-order chi connectivity index (χ1) is 8.19. The molecule has 0 unspecified atom stereocenters. The molecule has 17 heavy (non-hydrogen) atoms. The lowest BCUT2D eigenvalue weighted by Crippen LogP contribution is -2.26. The lowest BCUT2D eigenvalue weighted by molar-refractivity contribution is 0.144. The van der Waals surface area contributed by atoms with Crippen LogP contribution in [-0.2, 0) is 4.74 Å². The molecule has 0 saturated heterocycles. The van der Waals surface area contributed by atoms with Gasteiger partial charge in [0.1, 0.15) is 12.3 Å². The van der Waals surface area contributed by atoms with Gasteiger partial charge >= 0.3 is 0 Å². The molecule has 7 heteroatoms. The van der Waals surface area contributed by atoms with Crippen LogP contribution in [0.1, 0.15) is 0 Å². The van der Waals surface area contributed by atoms with E-state index in [1.165, 1.54) is 23.6 Å². The third-order valence-electron chi connectivity index (χ3n) is 1.90. The Morgan fingerprint density at radius 1 is 1.47 bits per heavy atom. The zero-order valence-corrected chi connectivity index (χ0v) is 9.67. The molecule has 0 fully saturated rings. The quantitative estimate of drug-likeness (QED) is 0.358. The number of methoxy groups -OCH3 is 1. The van der Waals surface area contributed by atoms with Gasteiger partial charge in [-0.25, -0.2) is 10.8 Å². The number of hydrogen-bond donors (Lipinski definition) is 3. The van der Waals surface area contributed by atoms with E-state index in [4.69, 9.17) is 26.8 Å². The van der Waals surface area contributed by atoms with Crippen molar-refractivity contribution in [2.45, 2.75) is 0 Å². The highest BCUT2D eigenvalue weighted by atomic mass is 16.5. The van der Waals surface area contributed by atoms with Crippen molar-refractivity contribution in [2.24, 2.45) is 11.6 Å². The molecule has 6 N–H and O–H groups in total. The molecule has 0 atom stereocenters. The number of aromatic nitrogens is 1. The topological polar surface area (TPSA) is 113 Å². The van der Waals surface area contributed by atoms with Gasteiger partial charge in [0.25, 0.3) is 0 Å². The molecule has 0 bridgehead atoms. The van der Waals surface area contributed by atoms with Gasteiger partial charge in [0.15, 0.2) is 0 Å². The Kier molecular flexibility index (Phi) is 5.05. The molecule has 1 aromatic rings. The maximum Gasteiger partial charge on any atom is 0.239 e. The van der Waals surface area contributed by atoms with E-state index >= 15 is 0 Å². The highest BCUT2D eigenvalue weighted by molar-refractivity contribution is 5.61. The van der Waals surface area contributed by atoms with Gasteiger partial charge in [-0.05, 0) is 6.07 Å². The van der Waals surface area contributed by atoms with Crippen LogP contribution in [-0.4, -0.2) is 25.3 Å². The molecule has 0 saturated carbocycles. The summed E-state index contributed by atoms with van der Waals surface area (Å²) in [5.41, 5.74) is 11.9. The minimum Gasteiger partial charge on any atom is -0.474 e. The van der Waals surface area contributed by atoms with Crippen molar-refractivity contribution in [1.29, 1.82) is 0 Å². The maximum atomic E-state index is 5.74. The highest BCUT2D eigenvalue weighted by Crippen LogP contribution is 2.26. The molecule has 0 spiro atoms. The van der Waals surface area contributed by atoms with E-state index in [0.717, 1.165) is 0 Å². The minimum absolute atomic E-state index is 0.372. The molecule has 1 rings (SSSR count). The van der Waals surface area contributed by atoms with Crippen LogP contribution < -0.4 is 27.1 Å². The summed E-state index contributed by atoms with van der Waals surface area (Å²) < 4.78 is 10.3. The van der Waals surface area contributed by atoms with E-state index in [2.05, 4.69) is 4.98 Å². The zero-order valence-electron chi connectivity index (χ0n) is 9.67. The average Bonchev–Trinajstić information content (AvgIpc) is 2.31. The third-order valence-corrected chi connectivity index (χ3v) is 1.90. The molecule has 0 aromatic carbocycles. The van der Waals surface area contributed by atoms with Crippen molar-refractivity contribution in [1.82, 2.24) is 4.98 Å². The first-order valence-corrected chi connectivity index (χ1v) is 4.98. The van der Waals surface area contributed by atoms with Crippen molar-refractivity contribution in [3.8, 4) is 5.88 Å². The monoisotopic (exact) mass is 239 g/mol. The van der Waals surface area contributed by atoms with Gasteiger partial charge < -0.3 is 20.9 Å². The van der Waals surface area contributed by atoms with Gasteiger partial charge in [0.2, 0.25) is 5.88 Å². The number of hydrazine groups is 1. The van der Waals surface area contributed by atoms with E-state index in [-0.39, 0.29) is 0 Å². The lowest BCUT2D eigenvalue weighted by atomic mass is 10.3. The van der Waals surface area contributed by atoms with Gasteiger partial charge in [-0.1, -0.05) is 0 Å². The fraction of sp³-hybridized carbons (Fsp3) is 0.300. The lowest BCUT2D eigenvalue weighted by Gasteiger charge is -2.17. The fourth-order valence-electron chi connectivity index (χ4n) is 1.15. The second-order valence-electron chi connectivity index (χ2n) is 3.18. The number of pyridine rings is 1. The molecule has 0 amide bonds. The van der Waals surface area contributed by atoms with Gasteiger partial charge in [0.05, 0.1) is 18.5 Å². The summed E-state index contributed by atoms with van der Waals surface area (Å²) in [7, 11) is 1.59. The van der Waals surface area contributed by atoms with Crippen LogP contribution in [0.5, 0.6) is 5.88 Å². The normalized spacial score (nSPS) is 10.7. The summed E-state index contributed by atoms with van der Waals surface area (Å²) in [5, 5.41) is 1.28. The summed E-state index contributed by atoms with van der Waals surface area (Å²) >= 11 is 0. The van der Waals surface area contributed by atoms with E-state index in [1.807, 2.05) is 0 Å². The standard InChI is InChI=1S/C10H17N5O2/c1-16-4-5-17-10-9(15(13)3-2-11)6-8(12)7-14-10/h2-3,6-7H,4-5,11-13H2,1H3/b3-2-. The number of nitrogen functional groups attached to an aromatic ring is 1. The number of rotatable bonds is 6. The van der Waals surface area contributed by atoms with Crippen LogP contribution >= 0.6 is 0 Å². The molecular formula is C10H17N5O2. The van der Waals surface area contributed by atoms with Crippen LogP contribution in [0.2, 0.25) is 0 Å². The van der Waals surface area contributed by atoms with Crippen LogP contribution in [0, 0.1) is 0 Å². The molecule has 1 heterocycles. The largest absolute Gasteiger partial charge is 0.474 e. The third kappa shape index (κ3) is 3.82.